The molecule has 6 nitrogen and oxygen atoms in total. The number of rotatable bonds is 6. The molecule has 1 aromatic carbocycles. The van der Waals surface area contributed by atoms with Gasteiger partial charge in [0.2, 0.25) is 10.0 Å². The van der Waals surface area contributed by atoms with E-state index >= 15 is 0 Å². The number of ether oxygens (including phenoxy) is 1. The summed E-state index contributed by atoms with van der Waals surface area (Å²) in [7, 11) is -2.25. The summed E-state index contributed by atoms with van der Waals surface area (Å²) >= 11 is 0. The molecule has 0 spiro atoms. The second-order valence-electron chi connectivity index (χ2n) is 5.51. The van der Waals surface area contributed by atoms with Crippen LogP contribution in [-0.2, 0) is 14.8 Å². The van der Waals surface area contributed by atoms with Crippen molar-refractivity contribution in [2.75, 3.05) is 26.7 Å². The van der Waals surface area contributed by atoms with Gasteiger partial charge in [-0.2, -0.15) is 0 Å². The Morgan fingerprint density at radius 3 is 2.74 bits per heavy atom. The van der Waals surface area contributed by atoms with Crippen LogP contribution in [0, 0.1) is 12.8 Å². The first-order valence-electron chi connectivity index (χ1n) is 7.33. The van der Waals surface area contributed by atoms with Gasteiger partial charge in [-0.15, -0.1) is 12.4 Å². The largest absolute Gasteiger partial charge is 0.465 e. The van der Waals surface area contributed by atoms with Crippen LogP contribution in [0.2, 0.25) is 0 Å². The summed E-state index contributed by atoms with van der Waals surface area (Å²) in [6.07, 6.45) is 1.92. The quantitative estimate of drug-likeness (QED) is 0.749. The average molecular weight is 363 g/mol. The van der Waals surface area contributed by atoms with Gasteiger partial charge in [0.1, 0.15) is 0 Å². The highest BCUT2D eigenvalue weighted by atomic mass is 35.5. The van der Waals surface area contributed by atoms with Gasteiger partial charge in [-0.25, -0.2) is 17.9 Å². The fourth-order valence-electron chi connectivity index (χ4n) is 2.58. The zero-order chi connectivity index (χ0) is 16.2. The van der Waals surface area contributed by atoms with Crippen LogP contribution in [-0.4, -0.2) is 41.1 Å². The lowest BCUT2D eigenvalue weighted by Gasteiger charge is -2.11. The molecule has 2 N–H and O–H groups in total. The molecule has 130 valence electrons. The Labute approximate surface area is 143 Å². The van der Waals surface area contributed by atoms with Crippen molar-refractivity contribution in [1.82, 2.24) is 10.0 Å². The summed E-state index contributed by atoms with van der Waals surface area (Å²) in [4.78, 5) is 11.7. The monoisotopic (exact) mass is 362 g/mol. The molecule has 0 aromatic heterocycles. The van der Waals surface area contributed by atoms with Crippen LogP contribution in [0.3, 0.4) is 0 Å². The van der Waals surface area contributed by atoms with E-state index in [9.17, 15) is 13.2 Å². The summed E-state index contributed by atoms with van der Waals surface area (Å²) in [6.45, 7) is 4.07. The van der Waals surface area contributed by atoms with Crippen molar-refractivity contribution in [2.45, 2.75) is 24.7 Å². The number of hydrogen-bond donors (Lipinski definition) is 2. The summed E-state index contributed by atoms with van der Waals surface area (Å²) in [6, 6.07) is 4.40. The molecule has 1 unspecified atom stereocenters. The Hall–Kier alpha value is -1.15. The Balaban J connectivity index is 0.00000264. The molecule has 0 bridgehead atoms. The molecule has 1 aliphatic heterocycles. The predicted molar refractivity (Wildman–Crippen MR) is 90.5 cm³/mol. The molecule has 1 aliphatic rings. The second-order valence-corrected chi connectivity index (χ2v) is 7.28. The van der Waals surface area contributed by atoms with Gasteiger partial charge in [-0.1, -0.05) is 0 Å². The summed E-state index contributed by atoms with van der Waals surface area (Å²) in [5, 5.41) is 3.26. The van der Waals surface area contributed by atoms with Gasteiger partial charge in [-0.3, -0.25) is 0 Å². The molecule has 1 saturated heterocycles. The number of sulfonamides is 1. The second kappa shape index (κ2) is 8.63. The van der Waals surface area contributed by atoms with Crippen molar-refractivity contribution in [3.05, 3.63) is 29.3 Å². The van der Waals surface area contributed by atoms with Gasteiger partial charge < -0.3 is 10.1 Å². The highest BCUT2D eigenvalue weighted by Crippen LogP contribution is 2.17. The first-order valence-corrected chi connectivity index (χ1v) is 8.81. The van der Waals surface area contributed by atoms with Crippen LogP contribution < -0.4 is 10.0 Å². The van der Waals surface area contributed by atoms with E-state index in [0.717, 1.165) is 25.9 Å². The first-order chi connectivity index (χ1) is 10.4. The number of halogens is 1. The third-order valence-corrected chi connectivity index (χ3v) is 5.38. The van der Waals surface area contributed by atoms with Crippen molar-refractivity contribution < 1.29 is 17.9 Å². The fraction of sp³-hybridized carbons (Fsp3) is 0.533. The predicted octanol–water partition coefficient (Wildman–Crippen LogP) is 1.48. The van der Waals surface area contributed by atoms with E-state index in [2.05, 4.69) is 14.8 Å². The zero-order valence-corrected chi connectivity index (χ0v) is 14.9. The summed E-state index contributed by atoms with van der Waals surface area (Å²) < 4.78 is 31.8. The number of carbonyl (C=O) groups is 1. The van der Waals surface area contributed by atoms with E-state index in [1.165, 1.54) is 25.3 Å². The minimum absolute atomic E-state index is 0. The highest BCUT2D eigenvalue weighted by molar-refractivity contribution is 7.89. The highest BCUT2D eigenvalue weighted by Gasteiger charge is 2.19. The van der Waals surface area contributed by atoms with Crippen molar-refractivity contribution in [2.24, 2.45) is 5.92 Å². The molecule has 0 aliphatic carbocycles. The van der Waals surface area contributed by atoms with E-state index in [1.54, 1.807) is 6.92 Å². The topological polar surface area (TPSA) is 84.5 Å². The summed E-state index contributed by atoms with van der Waals surface area (Å²) in [5.41, 5.74) is 0.952. The molecule has 1 atom stereocenters. The van der Waals surface area contributed by atoms with Crippen LogP contribution in [0.25, 0.3) is 0 Å². The SMILES string of the molecule is COC(=O)c1ccc(S(=O)(=O)NCCC2CCNC2)cc1C.Cl. The van der Waals surface area contributed by atoms with Gasteiger partial charge >= 0.3 is 5.97 Å². The van der Waals surface area contributed by atoms with Crippen LogP contribution in [0.5, 0.6) is 0 Å². The third kappa shape index (κ3) is 5.17. The van der Waals surface area contributed by atoms with E-state index in [0.29, 0.717) is 23.6 Å². The van der Waals surface area contributed by atoms with Gasteiger partial charge in [0.25, 0.3) is 0 Å². The molecule has 0 saturated carbocycles. The Morgan fingerprint density at radius 2 is 2.17 bits per heavy atom. The minimum Gasteiger partial charge on any atom is -0.465 e. The fourth-order valence-corrected chi connectivity index (χ4v) is 3.72. The smallest absolute Gasteiger partial charge is 0.338 e. The molecule has 8 heteroatoms. The van der Waals surface area contributed by atoms with E-state index in [1.807, 2.05) is 0 Å². The Kier molecular flexibility index (Phi) is 7.47. The maximum atomic E-state index is 12.3. The minimum atomic E-state index is -3.55. The van der Waals surface area contributed by atoms with Crippen LogP contribution >= 0.6 is 12.4 Å². The number of aryl methyl sites for hydroxylation is 1. The zero-order valence-electron chi connectivity index (χ0n) is 13.3. The maximum Gasteiger partial charge on any atom is 0.338 e. The van der Waals surface area contributed by atoms with Gasteiger partial charge in [0, 0.05) is 6.54 Å². The Bertz CT molecular complexity index is 643. The molecule has 1 heterocycles. The lowest BCUT2D eigenvalue weighted by Crippen LogP contribution is -2.26. The van der Waals surface area contributed by atoms with Crippen LogP contribution in [0.4, 0.5) is 0 Å². The normalized spacial score (nSPS) is 17.6. The maximum absolute atomic E-state index is 12.3. The van der Waals surface area contributed by atoms with E-state index in [4.69, 9.17) is 0 Å². The lowest BCUT2D eigenvalue weighted by molar-refractivity contribution is 0.0600. The molecule has 2 rings (SSSR count). The van der Waals surface area contributed by atoms with Gasteiger partial charge in [0.05, 0.1) is 17.6 Å². The molecule has 0 amide bonds. The van der Waals surface area contributed by atoms with Crippen LogP contribution in [0.1, 0.15) is 28.8 Å². The van der Waals surface area contributed by atoms with E-state index < -0.39 is 16.0 Å². The average Bonchev–Trinajstić information content (AvgIpc) is 2.99. The summed E-state index contributed by atoms with van der Waals surface area (Å²) in [5.74, 6) is 0.0641. The van der Waals surface area contributed by atoms with Crippen molar-refractivity contribution in [1.29, 1.82) is 0 Å². The van der Waals surface area contributed by atoms with Crippen LogP contribution in [0.15, 0.2) is 23.1 Å². The number of nitrogens with one attached hydrogen (secondary N) is 2. The van der Waals surface area contributed by atoms with Crippen molar-refractivity contribution >= 4 is 28.4 Å². The Morgan fingerprint density at radius 1 is 1.43 bits per heavy atom. The number of hydrogen-bond acceptors (Lipinski definition) is 5. The molecule has 1 aromatic rings. The van der Waals surface area contributed by atoms with E-state index in [-0.39, 0.29) is 17.3 Å². The standard InChI is InChI=1S/C15H22N2O4S.ClH/c1-11-9-13(3-4-14(11)15(18)21-2)22(19,20)17-8-6-12-5-7-16-10-12;/h3-4,9,12,16-17H,5-8,10H2,1-2H3;1H. The first kappa shape index (κ1) is 19.9. The third-order valence-electron chi connectivity index (χ3n) is 3.92. The molecule has 1 fully saturated rings. The van der Waals surface area contributed by atoms with Gasteiger partial charge in [-0.05, 0) is 62.5 Å². The van der Waals surface area contributed by atoms with Crippen molar-refractivity contribution in [3.63, 3.8) is 0 Å². The lowest BCUT2D eigenvalue weighted by atomic mass is 10.1. The number of methoxy groups -OCH3 is 1. The van der Waals surface area contributed by atoms with Gasteiger partial charge in [0.15, 0.2) is 0 Å². The van der Waals surface area contributed by atoms with Crippen molar-refractivity contribution in [3.8, 4) is 0 Å². The molecular formula is C15H23ClN2O4S. The molecule has 23 heavy (non-hydrogen) atoms. The molecule has 0 radical (unpaired) electrons. The molecular weight excluding hydrogens is 340 g/mol. The number of esters is 1. The number of benzene rings is 1. The number of carbonyl (C=O) groups excluding carboxylic acids is 1.